The third-order valence-electron chi connectivity index (χ3n) is 3.40. The molecule has 0 amide bonds. The minimum Gasteiger partial charge on any atom is -0.490 e. The molecule has 5 nitrogen and oxygen atoms in total. The summed E-state index contributed by atoms with van der Waals surface area (Å²) in [5.41, 5.74) is 6.78. The number of hydrogen-bond acceptors (Lipinski definition) is 4. The first-order valence-electron chi connectivity index (χ1n) is 6.06. The van der Waals surface area contributed by atoms with E-state index in [0.29, 0.717) is 6.42 Å². The van der Waals surface area contributed by atoms with Gasteiger partial charge in [-0.2, -0.15) is 0 Å². The van der Waals surface area contributed by atoms with Gasteiger partial charge in [0.05, 0.1) is 12.0 Å². The van der Waals surface area contributed by atoms with Crippen molar-refractivity contribution in [3.63, 3.8) is 0 Å². The molecule has 0 fully saturated rings. The molecule has 0 unspecified atom stereocenters. The minimum absolute atomic E-state index is 0.00967. The van der Waals surface area contributed by atoms with E-state index in [1.54, 1.807) is 12.1 Å². The van der Waals surface area contributed by atoms with Crippen LogP contribution >= 0.6 is 0 Å². The lowest BCUT2D eigenvalue weighted by molar-refractivity contribution is -0.385. The summed E-state index contributed by atoms with van der Waals surface area (Å²) in [4.78, 5) is 10.5. The predicted octanol–water partition coefficient (Wildman–Crippen LogP) is 2.66. The fraction of sp³-hybridized carbons (Fsp3) is 0.538. The van der Waals surface area contributed by atoms with E-state index >= 15 is 0 Å². The van der Waals surface area contributed by atoms with Gasteiger partial charge in [-0.3, -0.25) is 10.1 Å². The van der Waals surface area contributed by atoms with Gasteiger partial charge in [-0.05, 0) is 30.9 Å². The Kier molecular flexibility index (Phi) is 4.67. The van der Waals surface area contributed by atoms with Crippen LogP contribution in [0.4, 0.5) is 5.69 Å². The van der Waals surface area contributed by atoms with Crippen molar-refractivity contribution in [1.29, 1.82) is 0 Å². The van der Waals surface area contributed by atoms with Crippen LogP contribution in [0.15, 0.2) is 18.2 Å². The third-order valence-corrected chi connectivity index (χ3v) is 3.40. The zero-order chi connectivity index (χ0) is 13.8. The van der Waals surface area contributed by atoms with Crippen LogP contribution in [0.3, 0.4) is 0 Å². The normalized spacial score (nSPS) is 11.3. The fourth-order valence-electron chi connectivity index (χ4n) is 1.89. The average molecular weight is 252 g/mol. The van der Waals surface area contributed by atoms with Crippen molar-refractivity contribution in [2.75, 3.05) is 7.11 Å². The number of methoxy groups -OCH3 is 1. The highest BCUT2D eigenvalue weighted by Gasteiger charge is 2.23. The van der Waals surface area contributed by atoms with Gasteiger partial charge in [0.15, 0.2) is 5.75 Å². The molecule has 0 aromatic heterocycles. The highest BCUT2D eigenvalue weighted by atomic mass is 16.6. The number of nitrogens with zero attached hydrogens (tertiary/aromatic N) is 1. The highest BCUT2D eigenvalue weighted by molar-refractivity contribution is 5.48. The Labute approximate surface area is 107 Å². The van der Waals surface area contributed by atoms with Gasteiger partial charge < -0.3 is 10.5 Å². The number of hydrogen-bond donors (Lipinski definition) is 1. The molecule has 1 aromatic carbocycles. The molecule has 0 radical (unpaired) electrons. The maximum Gasteiger partial charge on any atom is 0.311 e. The number of benzene rings is 1. The van der Waals surface area contributed by atoms with Gasteiger partial charge in [-0.25, -0.2) is 0 Å². The van der Waals surface area contributed by atoms with Crippen molar-refractivity contribution in [2.24, 2.45) is 5.73 Å². The molecule has 1 rings (SSSR count). The lowest BCUT2D eigenvalue weighted by Crippen LogP contribution is -2.40. The molecule has 0 aliphatic carbocycles. The minimum atomic E-state index is -0.432. The summed E-state index contributed by atoms with van der Waals surface area (Å²) in [6.45, 7) is 4.06. The van der Waals surface area contributed by atoms with Crippen LogP contribution in [-0.2, 0) is 6.42 Å². The molecule has 2 N–H and O–H groups in total. The summed E-state index contributed by atoms with van der Waals surface area (Å²) >= 11 is 0. The zero-order valence-corrected chi connectivity index (χ0v) is 11.1. The van der Waals surface area contributed by atoms with Crippen molar-refractivity contribution < 1.29 is 9.66 Å². The molecule has 0 bridgehead atoms. The maximum absolute atomic E-state index is 10.9. The van der Waals surface area contributed by atoms with Crippen molar-refractivity contribution in [2.45, 2.75) is 38.6 Å². The molecule has 18 heavy (non-hydrogen) atoms. The second-order valence-corrected chi connectivity index (χ2v) is 4.51. The fourth-order valence-corrected chi connectivity index (χ4v) is 1.89. The summed E-state index contributed by atoms with van der Waals surface area (Å²) in [5, 5.41) is 10.9. The lowest BCUT2D eigenvalue weighted by atomic mass is 9.87. The van der Waals surface area contributed by atoms with Crippen LogP contribution in [0.2, 0.25) is 0 Å². The molecular weight excluding hydrogens is 232 g/mol. The second-order valence-electron chi connectivity index (χ2n) is 4.51. The van der Waals surface area contributed by atoms with E-state index in [0.717, 1.165) is 18.4 Å². The van der Waals surface area contributed by atoms with Gasteiger partial charge in [-0.15, -0.1) is 0 Å². The van der Waals surface area contributed by atoms with Crippen molar-refractivity contribution >= 4 is 5.69 Å². The molecule has 0 heterocycles. The van der Waals surface area contributed by atoms with Crippen molar-refractivity contribution in [3.8, 4) is 5.75 Å². The van der Waals surface area contributed by atoms with E-state index in [1.807, 2.05) is 19.9 Å². The van der Waals surface area contributed by atoms with E-state index < -0.39 is 4.92 Å². The summed E-state index contributed by atoms with van der Waals surface area (Å²) in [6, 6.07) is 5.00. The number of ether oxygens (including phenoxy) is 1. The number of nitro groups is 1. The smallest absolute Gasteiger partial charge is 0.311 e. The first kappa shape index (κ1) is 14.4. The predicted molar refractivity (Wildman–Crippen MR) is 70.9 cm³/mol. The molecular formula is C13H20N2O3. The Morgan fingerprint density at radius 1 is 1.39 bits per heavy atom. The van der Waals surface area contributed by atoms with Crippen molar-refractivity contribution in [3.05, 3.63) is 33.9 Å². The Morgan fingerprint density at radius 2 is 2.00 bits per heavy atom. The number of nitrogens with two attached hydrogens (primary N) is 1. The number of nitro benzene ring substituents is 1. The summed E-state index contributed by atoms with van der Waals surface area (Å²) < 4.78 is 4.97. The summed E-state index contributed by atoms with van der Waals surface area (Å²) in [6.07, 6.45) is 2.30. The molecule has 5 heteroatoms. The quantitative estimate of drug-likeness (QED) is 0.623. The highest BCUT2D eigenvalue weighted by Crippen LogP contribution is 2.29. The molecule has 0 saturated heterocycles. The Bertz CT molecular complexity index is 428. The molecule has 0 spiro atoms. The van der Waals surface area contributed by atoms with Gasteiger partial charge in [0, 0.05) is 11.6 Å². The van der Waals surface area contributed by atoms with E-state index in [4.69, 9.17) is 10.5 Å². The van der Waals surface area contributed by atoms with Crippen LogP contribution in [-0.4, -0.2) is 17.6 Å². The number of rotatable bonds is 6. The van der Waals surface area contributed by atoms with Gasteiger partial charge >= 0.3 is 5.69 Å². The largest absolute Gasteiger partial charge is 0.490 e. The Balaban J connectivity index is 3.05. The molecule has 0 atom stereocenters. The molecule has 1 aromatic rings. The van der Waals surface area contributed by atoms with Crippen LogP contribution in [0.5, 0.6) is 5.75 Å². The first-order chi connectivity index (χ1) is 8.45. The van der Waals surface area contributed by atoms with Crippen LogP contribution in [0.25, 0.3) is 0 Å². The standard InChI is InChI=1S/C13H20N2O3/c1-4-13(14,5-2)9-10-6-7-12(18-3)11(8-10)15(16)17/h6-8H,4-5,9,14H2,1-3H3. The van der Waals surface area contributed by atoms with E-state index in [1.165, 1.54) is 7.11 Å². The molecule has 0 saturated carbocycles. The van der Waals surface area contributed by atoms with Crippen molar-refractivity contribution in [1.82, 2.24) is 0 Å². The third kappa shape index (κ3) is 3.20. The van der Waals surface area contributed by atoms with Gasteiger partial charge in [0.2, 0.25) is 0 Å². The summed E-state index contributed by atoms with van der Waals surface area (Å²) in [7, 11) is 1.42. The molecule has 0 aliphatic heterocycles. The SMILES string of the molecule is CCC(N)(CC)Cc1ccc(OC)c([N+](=O)[O-])c1. The lowest BCUT2D eigenvalue weighted by Gasteiger charge is -2.26. The Morgan fingerprint density at radius 3 is 2.44 bits per heavy atom. The van der Waals surface area contributed by atoms with Crippen LogP contribution < -0.4 is 10.5 Å². The molecule has 0 aliphatic rings. The van der Waals surface area contributed by atoms with E-state index in [-0.39, 0.29) is 17.0 Å². The first-order valence-corrected chi connectivity index (χ1v) is 6.06. The van der Waals surface area contributed by atoms with Gasteiger partial charge in [0.25, 0.3) is 0 Å². The van der Waals surface area contributed by atoms with Crippen LogP contribution in [0.1, 0.15) is 32.3 Å². The zero-order valence-electron chi connectivity index (χ0n) is 11.1. The molecule has 100 valence electrons. The topological polar surface area (TPSA) is 78.4 Å². The van der Waals surface area contributed by atoms with Gasteiger partial charge in [0.1, 0.15) is 0 Å². The van der Waals surface area contributed by atoms with Crippen LogP contribution in [0, 0.1) is 10.1 Å². The van der Waals surface area contributed by atoms with E-state index in [9.17, 15) is 10.1 Å². The average Bonchev–Trinajstić information content (AvgIpc) is 2.38. The second kappa shape index (κ2) is 5.82. The maximum atomic E-state index is 10.9. The summed E-state index contributed by atoms with van der Waals surface area (Å²) in [5.74, 6) is 0.277. The van der Waals surface area contributed by atoms with Gasteiger partial charge in [-0.1, -0.05) is 19.9 Å². The van der Waals surface area contributed by atoms with E-state index in [2.05, 4.69) is 0 Å². The monoisotopic (exact) mass is 252 g/mol. The Hall–Kier alpha value is -1.62.